The van der Waals surface area contributed by atoms with Crippen molar-refractivity contribution in [2.24, 2.45) is 17.4 Å². The first-order chi connectivity index (χ1) is 12.4. The van der Waals surface area contributed by atoms with E-state index in [1.165, 1.54) is 64.2 Å². The molecule has 0 aliphatic rings. The molecule has 3 unspecified atom stereocenters. The number of rotatable bonds is 16. The number of carbonyl (C=O) groups excluding carboxylic acids is 1. The van der Waals surface area contributed by atoms with Crippen LogP contribution in [0.25, 0.3) is 0 Å². The molecule has 0 saturated heterocycles. The second-order valence-corrected chi connectivity index (χ2v) is 8.71. The number of aliphatic hydroxyl groups excluding tert-OH is 2. The number of thioether (sulfide) groups is 1. The van der Waals surface area contributed by atoms with Crippen LogP contribution in [0.5, 0.6) is 0 Å². The summed E-state index contributed by atoms with van der Waals surface area (Å²) in [5, 5.41) is 16.1. The molecule has 0 radical (unpaired) electrons. The van der Waals surface area contributed by atoms with Crippen LogP contribution in [0.3, 0.4) is 0 Å². The Bertz CT molecular complexity index is 303. The van der Waals surface area contributed by atoms with Gasteiger partial charge < -0.3 is 21.7 Å². The van der Waals surface area contributed by atoms with Gasteiger partial charge in [-0.2, -0.15) is 0 Å². The zero-order valence-corrected chi connectivity index (χ0v) is 18.4. The van der Waals surface area contributed by atoms with Crippen molar-refractivity contribution in [2.75, 3.05) is 13.2 Å². The fourth-order valence-corrected chi connectivity index (χ4v) is 3.12. The fraction of sp³-hybridized carbons (Fsp3) is 0.947. The quantitative estimate of drug-likeness (QED) is 0.151. The van der Waals surface area contributed by atoms with E-state index < -0.39 is 0 Å². The maximum absolute atomic E-state index is 10.9. The predicted molar refractivity (Wildman–Crippen MR) is 117 cm³/mol. The Balaban J connectivity index is 0. The van der Waals surface area contributed by atoms with E-state index in [-0.39, 0.29) is 35.0 Å². The molecule has 0 bridgehead atoms. The molecule has 3 atom stereocenters. The summed E-state index contributed by atoms with van der Waals surface area (Å²) in [7, 11) is 0. The Morgan fingerprint density at radius 1 is 0.885 bits per heavy atom. The first-order valence-electron chi connectivity index (χ1n) is 10.00. The lowest BCUT2D eigenvalue weighted by atomic mass is 10.0. The monoisotopic (exact) mass is 410 g/mol. The predicted octanol–water partition coefficient (Wildman–Crippen LogP) is 3.66. The minimum Gasteiger partial charge on any atom is -0.394 e. The van der Waals surface area contributed by atoms with Crippen LogP contribution in [0.4, 0.5) is 0 Å². The summed E-state index contributed by atoms with van der Waals surface area (Å²) in [6.45, 7) is 4.01. The summed E-state index contributed by atoms with van der Waals surface area (Å²) in [4.78, 5) is 10.9. The maximum Gasteiger partial charge on any atom is 0.188 e. The smallest absolute Gasteiger partial charge is 0.188 e. The number of aliphatic hydroxyl groups is 2. The topological polar surface area (TPSA) is 110 Å². The van der Waals surface area contributed by atoms with E-state index in [9.17, 15) is 4.79 Å². The van der Waals surface area contributed by atoms with E-state index >= 15 is 0 Å². The zero-order chi connectivity index (χ0) is 20.2. The molecule has 0 aliphatic heterocycles. The highest BCUT2D eigenvalue weighted by atomic mass is 32.2. The number of thiol groups is 1. The molecule has 0 fully saturated rings. The van der Waals surface area contributed by atoms with Crippen molar-refractivity contribution >= 4 is 29.5 Å². The molecule has 0 heterocycles. The summed E-state index contributed by atoms with van der Waals surface area (Å²) in [6, 6.07) is 0. The Kier molecular flexibility index (Phi) is 23.5. The highest BCUT2D eigenvalue weighted by molar-refractivity contribution is 8.00. The summed E-state index contributed by atoms with van der Waals surface area (Å²) in [5.41, 5.74) is 10.5. The molecule has 0 spiro atoms. The van der Waals surface area contributed by atoms with Gasteiger partial charge in [-0.1, -0.05) is 78.1 Å². The van der Waals surface area contributed by atoms with Crippen molar-refractivity contribution in [3.63, 3.8) is 0 Å². The molecule has 0 saturated carbocycles. The highest BCUT2D eigenvalue weighted by Gasteiger charge is 2.07. The van der Waals surface area contributed by atoms with Crippen molar-refractivity contribution in [3.8, 4) is 0 Å². The van der Waals surface area contributed by atoms with E-state index in [1.54, 1.807) is 0 Å². The summed E-state index contributed by atoms with van der Waals surface area (Å²) in [6.07, 6.45) is 14.5. The molecule has 0 rings (SSSR count). The van der Waals surface area contributed by atoms with Gasteiger partial charge in [0.2, 0.25) is 0 Å². The molecule has 26 heavy (non-hydrogen) atoms. The van der Waals surface area contributed by atoms with Gasteiger partial charge in [0.05, 0.1) is 24.0 Å². The van der Waals surface area contributed by atoms with E-state index in [4.69, 9.17) is 21.7 Å². The zero-order valence-electron chi connectivity index (χ0n) is 16.7. The minimum atomic E-state index is -0.382. The van der Waals surface area contributed by atoms with E-state index in [2.05, 4.69) is 19.6 Å². The number of hydrogen-bond acceptors (Lipinski definition) is 6. The van der Waals surface area contributed by atoms with Crippen molar-refractivity contribution in [2.45, 2.75) is 95.2 Å². The molecule has 6 N–H and O–H groups in total. The SMILES string of the molecule is CCCCCCCCCCCCC(C)C(=O)S.NC(CO)SC(N)CO. The van der Waals surface area contributed by atoms with Crippen LogP contribution >= 0.6 is 24.4 Å². The van der Waals surface area contributed by atoms with Gasteiger partial charge in [-0.25, -0.2) is 0 Å². The first-order valence-corrected chi connectivity index (χ1v) is 11.4. The van der Waals surface area contributed by atoms with Crippen molar-refractivity contribution < 1.29 is 15.0 Å². The molecular formula is C19H42N2O3S2. The number of nitrogens with two attached hydrogens (primary N) is 2. The lowest BCUT2D eigenvalue weighted by Crippen LogP contribution is -2.29. The highest BCUT2D eigenvalue weighted by Crippen LogP contribution is 2.15. The fourth-order valence-electron chi connectivity index (χ4n) is 2.37. The van der Waals surface area contributed by atoms with Crippen LogP contribution < -0.4 is 11.5 Å². The van der Waals surface area contributed by atoms with Gasteiger partial charge in [0.15, 0.2) is 5.12 Å². The third-order valence-electron chi connectivity index (χ3n) is 4.12. The van der Waals surface area contributed by atoms with Gasteiger partial charge in [-0.3, -0.25) is 4.79 Å². The third-order valence-corrected chi connectivity index (χ3v) is 5.56. The molecule has 0 aromatic heterocycles. The van der Waals surface area contributed by atoms with E-state index in [0.29, 0.717) is 0 Å². The van der Waals surface area contributed by atoms with Crippen molar-refractivity contribution in [1.82, 2.24) is 0 Å². The average Bonchev–Trinajstić information content (AvgIpc) is 2.63. The molecule has 158 valence electrons. The molecule has 0 amide bonds. The Labute approximate surface area is 170 Å². The normalized spacial score (nSPS) is 14.3. The number of carbonyl (C=O) groups is 1. The van der Waals surface area contributed by atoms with Crippen LogP contribution in [0.1, 0.15) is 84.5 Å². The minimum absolute atomic E-state index is 0.0425. The molecule has 0 aliphatic carbocycles. The molecule has 7 heteroatoms. The molecule has 5 nitrogen and oxygen atoms in total. The Hall–Kier alpha value is 0.210. The molecule has 0 aromatic rings. The number of unbranched alkanes of at least 4 members (excludes halogenated alkanes) is 9. The first kappa shape index (κ1) is 28.4. The molecule has 0 aromatic carbocycles. The third kappa shape index (κ3) is 22.3. The van der Waals surface area contributed by atoms with Gasteiger partial charge in [0.25, 0.3) is 0 Å². The number of hydrogen-bond donors (Lipinski definition) is 5. The van der Waals surface area contributed by atoms with E-state index in [0.717, 1.165) is 18.2 Å². The van der Waals surface area contributed by atoms with Crippen molar-refractivity contribution in [3.05, 3.63) is 0 Å². The van der Waals surface area contributed by atoms with Gasteiger partial charge in [-0.15, -0.1) is 24.4 Å². The van der Waals surface area contributed by atoms with Crippen LogP contribution in [-0.4, -0.2) is 39.3 Å². The van der Waals surface area contributed by atoms with E-state index in [1.807, 2.05) is 6.92 Å². The van der Waals surface area contributed by atoms with Crippen LogP contribution in [0, 0.1) is 5.92 Å². The summed E-state index contributed by atoms with van der Waals surface area (Å²) < 4.78 is 0. The van der Waals surface area contributed by atoms with Gasteiger partial charge in [0.1, 0.15) is 0 Å². The van der Waals surface area contributed by atoms with Gasteiger partial charge >= 0.3 is 0 Å². The van der Waals surface area contributed by atoms with Crippen molar-refractivity contribution in [1.29, 1.82) is 0 Å². The van der Waals surface area contributed by atoms with Gasteiger partial charge in [-0.05, 0) is 6.42 Å². The van der Waals surface area contributed by atoms with Crippen LogP contribution in [0.2, 0.25) is 0 Å². The average molecular weight is 411 g/mol. The summed E-state index contributed by atoms with van der Waals surface area (Å²) >= 11 is 5.01. The lowest BCUT2D eigenvalue weighted by Gasteiger charge is -2.11. The standard InChI is InChI=1S/C15H30OS.C4H12N2O2S/c1-3-4-5-6-7-8-9-10-11-12-13-14(2)15(16)17;5-3(1-7)9-4(6)2-8/h14H,3-13H2,1-2H3,(H,16,17);3-4,7-8H,1-2,5-6H2. The van der Waals surface area contributed by atoms with Crippen LogP contribution in [0.15, 0.2) is 0 Å². The van der Waals surface area contributed by atoms with Gasteiger partial charge in [0, 0.05) is 5.92 Å². The summed E-state index contributed by atoms with van der Waals surface area (Å²) in [5.74, 6) is 0.146. The largest absolute Gasteiger partial charge is 0.394 e. The Morgan fingerprint density at radius 2 is 1.27 bits per heavy atom. The second kappa shape index (κ2) is 21.5. The lowest BCUT2D eigenvalue weighted by molar-refractivity contribution is -0.113. The molecular weight excluding hydrogens is 368 g/mol. The Morgan fingerprint density at radius 3 is 1.62 bits per heavy atom. The maximum atomic E-state index is 10.9. The second-order valence-electron chi connectivity index (χ2n) is 6.79. The van der Waals surface area contributed by atoms with Crippen LogP contribution in [-0.2, 0) is 4.79 Å².